The third-order valence-corrected chi connectivity index (χ3v) is 5.72. The van der Waals surface area contributed by atoms with Crippen molar-refractivity contribution >= 4 is 17.5 Å². The lowest BCUT2D eigenvalue weighted by Crippen LogP contribution is -2.55. The number of aliphatic hydroxyl groups is 1. The van der Waals surface area contributed by atoms with Gasteiger partial charge in [0.15, 0.2) is 0 Å². The first-order chi connectivity index (χ1) is 15.1. The topological polar surface area (TPSA) is 69.6 Å². The van der Waals surface area contributed by atoms with Crippen molar-refractivity contribution < 1.29 is 32.3 Å². The molecule has 0 radical (unpaired) electrons. The number of nitrogens with one attached hydrogen (secondary N) is 1. The fraction of sp³-hybridized carbons (Fsp3) is 0.391. The van der Waals surface area contributed by atoms with E-state index in [1.807, 2.05) is 0 Å². The Morgan fingerprint density at radius 2 is 1.81 bits per heavy atom. The molecule has 0 bridgehead atoms. The maximum Gasteiger partial charge on any atom is 0.352 e. The number of amides is 2. The number of alkyl halides is 2. The quantitative estimate of drug-likeness (QED) is 0.662. The highest BCUT2D eigenvalue weighted by Gasteiger charge is 2.49. The van der Waals surface area contributed by atoms with Gasteiger partial charge in [-0.3, -0.25) is 9.59 Å². The largest absolute Gasteiger partial charge is 0.394 e. The van der Waals surface area contributed by atoms with Crippen molar-refractivity contribution in [2.45, 2.75) is 51.1 Å². The highest BCUT2D eigenvalue weighted by atomic mass is 19.3. The van der Waals surface area contributed by atoms with Crippen LogP contribution >= 0.6 is 0 Å². The van der Waals surface area contributed by atoms with Gasteiger partial charge >= 0.3 is 5.92 Å². The van der Waals surface area contributed by atoms with Gasteiger partial charge in [0, 0.05) is 17.3 Å². The molecular formula is C23H24F4N2O3. The highest BCUT2D eigenvalue weighted by Crippen LogP contribution is 2.36. The monoisotopic (exact) mass is 452 g/mol. The minimum absolute atomic E-state index is 0.232. The molecule has 1 aliphatic rings. The van der Waals surface area contributed by atoms with Crippen molar-refractivity contribution in [2.75, 3.05) is 11.9 Å². The Labute approximate surface area is 183 Å². The lowest BCUT2D eigenvalue weighted by Gasteiger charge is -2.41. The first-order valence-electron chi connectivity index (χ1n) is 10.2. The molecular weight excluding hydrogens is 428 g/mol. The molecule has 172 valence electrons. The number of hydrogen-bond acceptors (Lipinski definition) is 3. The highest BCUT2D eigenvalue weighted by molar-refractivity contribution is 6.04. The van der Waals surface area contributed by atoms with Gasteiger partial charge in [0.25, 0.3) is 11.8 Å². The molecule has 2 aromatic rings. The zero-order valence-corrected chi connectivity index (χ0v) is 17.7. The summed E-state index contributed by atoms with van der Waals surface area (Å²) in [5.74, 6) is -8.48. The molecule has 9 heteroatoms. The smallest absolute Gasteiger partial charge is 0.352 e. The Morgan fingerprint density at radius 1 is 1.12 bits per heavy atom. The van der Waals surface area contributed by atoms with Crippen LogP contribution in [0.5, 0.6) is 0 Å². The maximum atomic E-state index is 15.2. The van der Waals surface area contributed by atoms with Crippen LogP contribution in [0.25, 0.3) is 0 Å². The van der Waals surface area contributed by atoms with Crippen molar-refractivity contribution in [3.05, 3.63) is 64.7 Å². The van der Waals surface area contributed by atoms with E-state index in [4.69, 9.17) is 0 Å². The van der Waals surface area contributed by atoms with E-state index < -0.39 is 53.6 Å². The Balaban J connectivity index is 1.90. The van der Waals surface area contributed by atoms with E-state index in [0.717, 1.165) is 17.0 Å². The van der Waals surface area contributed by atoms with Gasteiger partial charge in [-0.15, -0.1) is 0 Å². The van der Waals surface area contributed by atoms with Crippen LogP contribution in [0.15, 0.2) is 36.4 Å². The fourth-order valence-electron chi connectivity index (χ4n) is 3.94. The lowest BCUT2D eigenvalue weighted by molar-refractivity contribution is -0.167. The van der Waals surface area contributed by atoms with E-state index in [1.165, 1.54) is 19.1 Å². The Kier molecular flexibility index (Phi) is 6.88. The van der Waals surface area contributed by atoms with Gasteiger partial charge in [0.2, 0.25) is 0 Å². The van der Waals surface area contributed by atoms with Gasteiger partial charge in [-0.25, -0.2) is 8.78 Å². The number of carbonyl (C=O) groups excluding carboxylic acids is 2. The first kappa shape index (κ1) is 23.7. The van der Waals surface area contributed by atoms with E-state index in [0.29, 0.717) is 31.4 Å². The summed E-state index contributed by atoms with van der Waals surface area (Å²) in [4.78, 5) is 26.2. The molecule has 0 spiro atoms. The van der Waals surface area contributed by atoms with Gasteiger partial charge in [-0.2, -0.15) is 8.78 Å². The van der Waals surface area contributed by atoms with Crippen LogP contribution in [0.4, 0.5) is 23.2 Å². The molecule has 3 rings (SSSR count). The number of hydrogen-bond donors (Lipinski definition) is 2. The fourth-order valence-corrected chi connectivity index (χ4v) is 3.94. The number of carbonyl (C=O) groups is 2. The second-order valence-corrected chi connectivity index (χ2v) is 8.02. The number of aryl methyl sites for hydroxylation is 1. The van der Waals surface area contributed by atoms with Crippen LogP contribution < -0.4 is 5.32 Å². The van der Waals surface area contributed by atoms with Crippen LogP contribution in [-0.4, -0.2) is 40.5 Å². The molecule has 1 saturated heterocycles. The summed E-state index contributed by atoms with van der Waals surface area (Å²) < 4.78 is 58.1. The van der Waals surface area contributed by atoms with Crippen LogP contribution in [-0.2, 0) is 10.7 Å². The molecule has 2 atom stereocenters. The summed E-state index contributed by atoms with van der Waals surface area (Å²) in [6.45, 7) is 2.61. The SMILES string of the molecule is Cc1cc(NC(=O)c2ccc(F)c(C(F)(F)C(=O)N3[C@H](CO)CCC[C@@H]3C)c2)ccc1F. The van der Waals surface area contributed by atoms with Gasteiger partial charge < -0.3 is 15.3 Å². The number of rotatable bonds is 5. The molecule has 1 fully saturated rings. The van der Waals surface area contributed by atoms with Crippen molar-refractivity contribution in [1.29, 1.82) is 0 Å². The van der Waals surface area contributed by atoms with Crippen LogP contribution in [0, 0.1) is 18.6 Å². The molecule has 1 aliphatic heterocycles. The van der Waals surface area contributed by atoms with Crippen LogP contribution in [0.1, 0.15) is 47.7 Å². The lowest BCUT2D eigenvalue weighted by atomic mass is 9.94. The van der Waals surface area contributed by atoms with E-state index in [-0.39, 0.29) is 16.8 Å². The average Bonchev–Trinajstić information content (AvgIpc) is 2.75. The number of benzene rings is 2. The molecule has 2 aromatic carbocycles. The standard InChI is InChI=1S/C23H24F4N2O3/c1-13-10-16(7-9-19(13)24)28-21(31)15-6-8-20(25)18(11-15)23(26,27)22(32)29-14(2)4-3-5-17(29)12-30/h6-11,14,17,30H,3-5,12H2,1-2H3,(H,28,31)/t14-,17-/m0/s1. The van der Waals surface area contributed by atoms with E-state index in [1.54, 1.807) is 6.92 Å². The number of piperidine rings is 1. The normalized spacial score (nSPS) is 19.0. The van der Waals surface area contributed by atoms with E-state index in [9.17, 15) is 23.5 Å². The predicted molar refractivity (Wildman–Crippen MR) is 110 cm³/mol. The minimum Gasteiger partial charge on any atom is -0.394 e. The molecule has 0 aromatic heterocycles. The van der Waals surface area contributed by atoms with E-state index in [2.05, 4.69) is 5.32 Å². The maximum absolute atomic E-state index is 15.2. The third kappa shape index (κ3) is 4.62. The van der Waals surface area contributed by atoms with Gasteiger partial charge in [0.1, 0.15) is 11.6 Å². The summed E-state index contributed by atoms with van der Waals surface area (Å²) >= 11 is 0. The molecule has 0 unspecified atom stereocenters. The molecule has 5 nitrogen and oxygen atoms in total. The van der Waals surface area contributed by atoms with Crippen LogP contribution in [0.2, 0.25) is 0 Å². The number of nitrogens with zero attached hydrogens (tertiary/aromatic N) is 1. The Morgan fingerprint density at radius 3 is 2.47 bits per heavy atom. The second-order valence-electron chi connectivity index (χ2n) is 8.02. The van der Waals surface area contributed by atoms with Crippen molar-refractivity contribution in [3.8, 4) is 0 Å². The molecule has 1 heterocycles. The molecule has 0 saturated carbocycles. The van der Waals surface area contributed by atoms with Gasteiger partial charge in [-0.05, 0) is 75.1 Å². The Hall–Kier alpha value is -2.94. The molecule has 32 heavy (non-hydrogen) atoms. The number of likely N-dealkylation sites (tertiary alicyclic amines) is 1. The Bertz CT molecular complexity index is 1030. The number of anilines is 1. The summed E-state index contributed by atoms with van der Waals surface area (Å²) in [6, 6.07) is 4.84. The average molecular weight is 452 g/mol. The second kappa shape index (κ2) is 9.28. The molecule has 2 amide bonds. The van der Waals surface area contributed by atoms with Crippen molar-refractivity contribution in [1.82, 2.24) is 4.90 Å². The molecule has 2 N–H and O–H groups in total. The van der Waals surface area contributed by atoms with Gasteiger partial charge in [0.05, 0.1) is 18.2 Å². The van der Waals surface area contributed by atoms with Crippen molar-refractivity contribution in [3.63, 3.8) is 0 Å². The summed E-state index contributed by atoms with van der Waals surface area (Å²) in [6.07, 6.45) is 1.53. The zero-order chi connectivity index (χ0) is 23.6. The summed E-state index contributed by atoms with van der Waals surface area (Å²) in [7, 11) is 0. The van der Waals surface area contributed by atoms with Crippen molar-refractivity contribution in [2.24, 2.45) is 0 Å². The van der Waals surface area contributed by atoms with Gasteiger partial charge in [-0.1, -0.05) is 0 Å². The summed E-state index contributed by atoms with van der Waals surface area (Å²) in [5, 5.41) is 12.0. The van der Waals surface area contributed by atoms with Crippen LogP contribution in [0.3, 0.4) is 0 Å². The number of aliphatic hydroxyl groups excluding tert-OH is 1. The minimum atomic E-state index is -4.24. The molecule has 0 aliphatic carbocycles. The summed E-state index contributed by atoms with van der Waals surface area (Å²) in [5.41, 5.74) is -1.01. The number of halogens is 4. The van der Waals surface area contributed by atoms with E-state index >= 15 is 8.78 Å². The predicted octanol–water partition coefficient (Wildman–Crippen LogP) is 4.38. The zero-order valence-electron chi connectivity index (χ0n) is 17.7. The third-order valence-electron chi connectivity index (χ3n) is 5.72. The first-order valence-corrected chi connectivity index (χ1v) is 10.2.